The lowest BCUT2D eigenvalue weighted by Gasteiger charge is -2.24. The van der Waals surface area contributed by atoms with Gasteiger partial charge in [0.25, 0.3) is 0 Å². The number of hydrogen-bond acceptors (Lipinski definition) is 2. The highest BCUT2D eigenvalue weighted by molar-refractivity contribution is 9.10. The van der Waals surface area contributed by atoms with E-state index in [2.05, 4.69) is 39.9 Å². The van der Waals surface area contributed by atoms with Crippen molar-refractivity contribution in [3.8, 4) is 5.75 Å². The standard InChI is InChI=1S/C13H18BrNO/c1-10(15-7-3-4-8-15)11-5-6-13(16-2)12(14)9-11/h5-6,9-10H,3-4,7-8H2,1-2H3. The summed E-state index contributed by atoms with van der Waals surface area (Å²) < 4.78 is 6.29. The molecule has 1 atom stereocenters. The van der Waals surface area contributed by atoms with Crippen molar-refractivity contribution in [1.29, 1.82) is 0 Å². The number of likely N-dealkylation sites (tertiary alicyclic amines) is 1. The smallest absolute Gasteiger partial charge is 0.133 e. The van der Waals surface area contributed by atoms with Crippen LogP contribution < -0.4 is 4.74 Å². The molecule has 0 aromatic heterocycles. The lowest BCUT2D eigenvalue weighted by molar-refractivity contribution is 0.263. The normalized spacial score (nSPS) is 18.7. The highest BCUT2D eigenvalue weighted by Gasteiger charge is 2.19. The Labute approximate surface area is 106 Å². The summed E-state index contributed by atoms with van der Waals surface area (Å²) in [5, 5.41) is 0. The Morgan fingerprint density at radius 2 is 2.00 bits per heavy atom. The molecule has 1 aliphatic heterocycles. The average Bonchev–Trinajstić information content (AvgIpc) is 2.81. The van der Waals surface area contributed by atoms with E-state index in [-0.39, 0.29) is 0 Å². The van der Waals surface area contributed by atoms with Crippen LogP contribution in [-0.4, -0.2) is 25.1 Å². The molecule has 1 aromatic carbocycles. The SMILES string of the molecule is COc1ccc(C(C)N2CCCC2)cc1Br. The van der Waals surface area contributed by atoms with Crippen LogP contribution in [0.1, 0.15) is 31.4 Å². The third-order valence-electron chi connectivity index (χ3n) is 3.35. The third-order valence-corrected chi connectivity index (χ3v) is 3.97. The molecule has 1 saturated heterocycles. The van der Waals surface area contributed by atoms with Crippen LogP contribution in [0.3, 0.4) is 0 Å². The van der Waals surface area contributed by atoms with Crippen molar-refractivity contribution in [2.45, 2.75) is 25.8 Å². The van der Waals surface area contributed by atoms with E-state index < -0.39 is 0 Å². The van der Waals surface area contributed by atoms with Gasteiger partial charge in [0.1, 0.15) is 5.75 Å². The fourth-order valence-corrected chi connectivity index (χ4v) is 2.84. The van der Waals surface area contributed by atoms with Crippen molar-refractivity contribution in [2.24, 2.45) is 0 Å². The number of hydrogen-bond donors (Lipinski definition) is 0. The topological polar surface area (TPSA) is 12.5 Å². The summed E-state index contributed by atoms with van der Waals surface area (Å²) in [6.45, 7) is 4.73. The molecule has 0 saturated carbocycles. The van der Waals surface area contributed by atoms with Crippen molar-refractivity contribution in [3.63, 3.8) is 0 Å². The van der Waals surface area contributed by atoms with E-state index in [1.807, 2.05) is 6.07 Å². The molecule has 1 fully saturated rings. The summed E-state index contributed by atoms with van der Waals surface area (Å²) in [6, 6.07) is 6.87. The Morgan fingerprint density at radius 1 is 1.31 bits per heavy atom. The number of methoxy groups -OCH3 is 1. The van der Waals surface area contributed by atoms with E-state index in [1.165, 1.54) is 31.5 Å². The van der Waals surface area contributed by atoms with Crippen molar-refractivity contribution >= 4 is 15.9 Å². The molecule has 0 spiro atoms. The molecule has 1 aromatic rings. The maximum absolute atomic E-state index is 5.24. The minimum atomic E-state index is 0.504. The fraction of sp³-hybridized carbons (Fsp3) is 0.538. The molecule has 16 heavy (non-hydrogen) atoms. The Morgan fingerprint density at radius 3 is 2.56 bits per heavy atom. The van der Waals surface area contributed by atoms with Crippen LogP contribution in [0.5, 0.6) is 5.75 Å². The Hall–Kier alpha value is -0.540. The molecule has 1 unspecified atom stereocenters. The predicted molar refractivity (Wildman–Crippen MR) is 69.9 cm³/mol. The molecule has 0 aliphatic carbocycles. The summed E-state index contributed by atoms with van der Waals surface area (Å²) >= 11 is 3.54. The lowest BCUT2D eigenvalue weighted by Crippen LogP contribution is -2.23. The van der Waals surface area contributed by atoms with E-state index in [0.29, 0.717) is 6.04 Å². The monoisotopic (exact) mass is 283 g/mol. The van der Waals surface area contributed by atoms with Gasteiger partial charge >= 0.3 is 0 Å². The molecule has 1 aliphatic rings. The van der Waals surface area contributed by atoms with Gasteiger partial charge in [0.2, 0.25) is 0 Å². The summed E-state index contributed by atoms with van der Waals surface area (Å²) in [5.74, 6) is 0.900. The van der Waals surface area contributed by atoms with Crippen molar-refractivity contribution in [2.75, 3.05) is 20.2 Å². The molecule has 2 rings (SSSR count). The highest BCUT2D eigenvalue weighted by Crippen LogP contribution is 2.31. The van der Waals surface area contributed by atoms with Crippen LogP contribution >= 0.6 is 15.9 Å². The highest BCUT2D eigenvalue weighted by atomic mass is 79.9. The second-order valence-corrected chi connectivity index (χ2v) is 5.17. The molecule has 0 amide bonds. The Bertz CT molecular complexity index is 361. The Kier molecular flexibility index (Phi) is 3.87. The summed E-state index contributed by atoms with van der Waals surface area (Å²) in [6.07, 6.45) is 2.67. The minimum absolute atomic E-state index is 0.504. The second kappa shape index (κ2) is 5.19. The van der Waals surface area contributed by atoms with Gasteiger partial charge in [-0.15, -0.1) is 0 Å². The van der Waals surface area contributed by atoms with E-state index in [4.69, 9.17) is 4.74 Å². The van der Waals surface area contributed by atoms with Crippen molar-refractivity contribution in [3.05, 3.63) is 28.2 Å². The van der Waals surface area contributed by atoms with Gasteiger partial charge in [-0.2, -0.15) is 0 Å². The zero-order valence-corrected chi connectivity index (χ0v) is 11.5. The van der Waals surface area contributed by atoms with E-state index >= 15 is 0 Å². The van der Waals surface area contributed by atoms with Crippen LogP contribution in [-0.2, 0) is 0 Å². The molecular formula is C13H18BrNO. The fourth-order valence-electron chi connectivity index (χ4n) is 2.28. The third kappa shape index (κ3) is 2.41. The average molecular weight is 284 g/mol. The van der Waals surface area contributed by atoms with Gasteiger partial charge in [0.15, 0.2) is 0 Å². The van der Waals surface area contributed by atoms with Crippen LogP contribution in [0.4, 0.5) is 0 Å². The maximum Gasteiger partial charge on any atom is 0.133 e. The first kappa shape index (κ1) is 11.9. The second-order valence-electron chi connectivity index (χ2n) is 4.31. The number of halogens is 1. The predicted octanol–water partition coefficient (Wildman–Crippen LogP) is 3.61. The molecule has 2 nitrogen and oxygen atoms in total. The number of nitrogens with zero attached hydrogens (tertiary/aromatic N) is 1. The van der Waals surface area contributed by atoms with Gasteiger partial charge in [-0.1, -0.05) is 6.07 Å². The molecular weight excluding hydrogens is 266 g/mol. The van der Waals surface area contributed by atoms with Crippen LogP contribution in [0.25, 0.3) is 0 Å². The summed E-state index contributed by atoms with van der Waals surface area (Å²) in [7, 11) is 1.70. The zero-order valence-electron chi connectivity index (χ0n) is 9.87. The number of rotatable bonds is 3. The van der Waals surface area contributed by atoms with E-state index in [0.717, 1.165) is 10.2 Å². The first-order valence-electron chi connectivity index (χ1n) is 5.80. The molecule has 3 heteroatoms. The van der Waals surface area contributed by atoms with Gasteiger partial charge in [-0.25, -0.2) is 0 Å². The maximum atomic E-state index is 5.24. The van der Waals surface area contributed by atoms with Gasteiger partial charge in [-0.05, 0) is 66.5 Å². The van der Waals surface area contributed by atoms with Gasteiger partial charge in [0, 0.05) is 6.04 Å². The largest absolute Gasteiger partial charge is 0.496 e. The minimum Gasteiger partial charge on any atom is -0.496 e. The van der Waals surface area contributed by atoms with Crippen LogP contribution in [0.2, 0.25) is 0 Å². The number of ether oxygens (including phenoxy) is 1. The van der Waals surface area contributed by atoms with E-state index in [1.54, 1.807) is 7.11 Å². The summed E-state index contributed by atoms with van der Waals surface area (Å²) in [5.41, 5.74) is 1.36. The van der Waals surface area contributed by atoms with Gasteiger partial charge in [-0.3, -0.25) is 4.90 Å². The van der Waals surface area contributed by atoms with Crippen molar-refractivity contribution < 1.29 is 4.74 Å². The quantitative estimate of drug-likeness (QED) is 0.840. The van der Waals surface area contributed by atoms with Crippen molar-refractivity contribution in [1.82, 2.24) is 4.90 Å². The Balaban J connectivity index is 2.16. The van der Waals surface area contributed by atoms with E-state index in [9.17, 15) is 0 Å². The zero-order chi connectivity index (χ0) is 11.5. The number of benzene rings is 1. The molecule has 88 valence electrons. The molecule has 0 bridgehead atoms. The van der Waals surface area contributed by atoms with Gasteiger partial charge in [0.05, 0.1) is 11.6 Å². The van der Waals surface area contributed by atoms with Crippen LogP contribution in [0.15, 0.2) is 22.7 Å². The molecule has 1 heterocycles. The molecule has 0 N–H and O–H groups in total. The first-order valence-corrected chi connectivity index (χ1v) is 6.59. The summed E-state index contributed by atoms with van der Waals surface area (Å²) in [4.78, 5) is 2.54. The van der Waals surface area contributed by atoms with Crippen LogP contribution in [0, 0.1) is 0 Å². The molecule has 0 radical (unpaired) electrons. The lowest BCUT2D eigenvalue weighted by atomic mass is 10.1. The first-order chi connectivity index (χ1) is 7.72. The van der Waals surface area contributed by atoms with Gasteiger partial charge < -0.3 is 4.74 Å².